The van der Waals surface area contributed by atoms with Gasteiger partial charge in [0.05, 0.1) is 16.7 Å². The van der Waals surface area contributed by atoms with Crippen molar-refractivity contribution >= 4 is 11.3 Å². The van der Waals surface area contributed by atoms with Gasteiger partial charge in [0.1, 0.15) is 4.88 Å². The van der Waals surface area contributed by atoms with Crippen LogP contribution in [0.5, 0.6) is 0 Å². The zero-order valence-corrected chi connectivity index (χ0v) is 14.4. The number of aryl methyl sites for hydroxylation is 1. The molecule has 0 amide bonds. The Labute approximate surface area is 134 Å². The summed E-state index contributed by atoms with van der Waals surface area (Å²) >= 11 is 1.67. The molecule has 0 radical (unpaired) electrons. The molecular formula is C15H23N5OS. The summed E-state index contributed by atoms with van der Waals surface area (Å²) in [6.07, 6.45) is 0.988. The number of hydrogen-bond donors (Lipinski definition) is 1. The number of aromatic nitrogens is 3. The molecule has 3 rings (SSSR count). The molecule has 1 unspecified atom stereocenters. The van der Waals surface area contributed by atoms with Crippen molar-refractivity contribution in [3.63, 3.8) is 0 Å². The first-order valence-electron chi connectivity index (χ1n) is 7.76. The Kier molecular flexibility index (Phi) is 4.56. The molecule has 0 saturated carbocycles. The third kappa shape index (κ3) is 3.21. The van der Waals surface area contributed by atoms with Gasteiger partial charge in [-0.25, -0.2) is 4.98 Å². The minimum Gasteiger partial charge on any atom is -0.333 e. The molecule has 1 saturated heterocycles. The molecule has 6 nitrogen and oxygen atoms in total. The van der Waals surface area contributed by atoms with Crippen LogP contribution in [-0.2, 0) is 6.42 Å². The van der Waals surface area contributed by atoms with Crippen molar-refractivity contribution in [2.75, 3.05) is 26.7 Å². The Morgan fingerprint density at radius 2 is 2.23 bits per heavy atom. The summed E-state index contributed by atoms with van der Waals surface area (Å²) in [5, 5.41) is 8.70. The van der Waals surface area contributed by atoms with Crippen molar-refractivity contribution < 1.29 is 4.52 Å². The second-order valence-electron chi connectivity index (χ2n) is 6.28. The maximum atomic E-state index is 5.51. The normalized spacial score (nSPS) is 20.0. The van der Waals surface area contributed by atoms with Gasteiger partial charge in [0.15, 0.2) is 5.82 Å². The van der Waals surface area contributed by atoms with Crippen molar-refractivity contribution in [1.29, 1.82) is 0 Å². The van der Waals surface area contributed by atoms with Gasteiger partial charge in [-0.3, -0.25) is 4.90 Å². The van der Waals surface area contributed by atoms with Gasteiger partial charge in [0, 0.05) is 26.1 Å². The molecule has 0 aromatic carbocycles. The number of likely N-dealkylation sites (N-methyl/N-ethyl adjacent to an activating group) is 1. The van der Waals surface area contributed by atoms with E-state index in [0.29, 0.717) is 11.8 Å². The number of rotatable bonds is 4. The van der Waals surface area contributed by atoms with E-state index in [0.717, 1.165) is 47.5 Å². The van der Waals surface area contributed by atoms with Gasteiger partial charge in [-0.2, -0.15) is 4.98 Å². The Morgan fingerprint density at radius 3 is 2.95 bits per heavy atom. The van der Waals surface area contributed by atoms with Gasteiger partial charge in [0.2, 0.25) is 0 Å². The number of nitrogens with zero attached hydrogens (tertiary/aromatic N) is 4. The van der Waals surface area contributed by atoms with Crippen molar-refractivity contribution in [1.82, 2.24) is 25.3 Å². The fourth-order valence-electron chi connectivity index (χ4n) is 2.64. The molecule has 1 aliphatic heterocycles. The highest BCUT2D eigenvalue weighted by Crippen LogP contribution is 2.31. The van der Waals surface area contributed by atoms with Gasteiger partial charge in [-0.05, 0) is 19.9 Å². The fourth-order valence-corrected chi connectivity index (χ4v) is 3.84. The highest BCUT2D eigenvalue weighted by molar-refractivity contribution is 7.15. The van der Waals surface area contributed by atoms with E-state index in [4.69, 9.17) is 4.52 Å². The first kappa shape index (κ1) is 15.6. The largest absolute Gasteiger partial charge is 0.333 e. The lowest BCUT2D eigenvalue weighted by Gasteiger charge is -2.30. The maximum absolute atomic E-state index is 5.51. The van der Waals surface area contributed by atoms with Crippen LogP contribution in [0.1, 0.15) is 36.4 Å². The Hall–Kier alpha value is -1.31. The summed E-state index contributed by atoms with van der Waals surface area (Å²) in [5.41, 5.74) is 0.978. The van der Waals surface area contributed by atoms with E-state index in [9.17, 15) is 0 Å². The van der Waals surface area contributed by atoms with Gasteiger partial charge < -0.3 is 9.84 Å². The highest BCUT2D eigenvalue weighted by atomic mass is 32.1. The molecule has 2 aromatic rings. The molecular weight excluding hydrogens is 298 g/mol. The predicted molar refractivity (Wildman–Crippen MR) is 86.9 cm³/mol. The number of nitrogens with one attached hydrogen (secondary N) is 1. The minimum absolute atomic E-state index is 0.176. The maximum Gasteiger partial charge on any atom is 0.269 e. The average Bonchev–Trinajstić information content (AvgIpc) is 3.05. The first-order chi connectivity index (χ1) is 10.5. The van der Waals surface area contributed by atoms with E-state index < -0.39 is 0 Å². The molecule has 3 heterocycles. The topological polar surface area (TPSA) is 67.1 Å². The van der Waals surface area contributed by atoms with E-state index in [-0.39, 0.29) is 6.04 Å². The molecule has 0 aliphatic carbocycles. The van der Waals surface area contributed by atoms with Crippen molar-refractivity contribution in [3.05, 3.63) is 16.5 Å². The van der Waals surface area contributed by atoms with E-state index >= 15 is 0 Å². The molecule has 1 atom stereocenters. The second-order valence-corrected chi connectivity index (χ2v) is 7.36. The zero-order valence-electron chi connectivity index (χ0n) is 13.6. The summed E-state index contributed by atoms with van der Waals surface area (Å²) in [5.74, 6) is 1.94. The lowest BCUT2D eigenvalue weighted by atomic mass is 10.1. The van der Waals surface area contributed by atoms with Crippen molar-refractivity contribution in [3.8, 4) is 10.8 Å². The van der Waals surface area contributed by atoms with Crippen LogP contribution in [0.2, 0.25) is 0 Å². The van der Waals surface area contributed by atoms with Crippen LogP contribution in [0.15, 0.2) is 4.52 Å². The van der Waals surface area contributed by atoms with Gasteiger partial charge >= 0.3 is 0 Å². The van der Waals surface area contributed by atoms with E-state index in [1.807, 2.05) is 6.92 Å². The predicted octanol–water partition coefficient (Wildman–Crippen LogP) is 2.28. The van der Waals surface area contributed by atoms with Gasteiger partial charge in [-0.15, -0.1) is 11.3 Å². The zero-order chi connectivity index (χ0) is 15.7. The molecule has 22 heavy (non-hydrogen) atoms. The number of thiazole rings is 1. The third-order valence-electron chi connectivity index (χ3n) is 3.87. The van der Waals surface area contributed by atoms with Crippen LogP contribution < -0.4 is 5.32 Å². The lowest BCUT2D eigenvalue weighted by Crippen LogP contribution is -2.44. The Bertz CT molecular complexity index is 636. The summed E-state index contributed by atoms with van der Waals surface area (Å²) in [6, 6.07) is 0.176. The molecule has 0 bridgehead atoms. The van der Waals surface area contributed by atoms with Gasteiger partial charge in [-0.1, -0.05) is 19.0 Å². The molecule has 1 fully saturated rings. The third-order valence-corrected chi connectivity index (χ3v) is 5.04. The van der Waals surface area contributed by atoms with Gasteiger partial charge in [0.25, 0.3) is 5.89 Å². The summed E-state index contributed by atoms with van der Waals surface area (Å²) in [6.45, 7) is 9.26. The summed E-state index contributed by atoms with van der Waals surface area (Å²) < 4.78 is 5.51. The monoisotopic (exact) mass is 321 g/mol. The summed E-state index contributed by atoms with van der Waals surface area (Å²) in [4.78, 5) is 12.5. The van der Waals surface area contributed by atoms with E-state index in [1.165, 1.54) is 0 Å². The first-order valence-corrected chi connectivity index (χ1v) is 8.57. The van der Waals surface area contributed by atoms with Crippen LogP contribution in [-0.4, -0.2) is 46.7 Å². The fraction of sp³-hybridized carbons (Fsp3) is 0.667. The quantitative estimate of drug-likeness (QED) is 0.932. The number of hydrogen-bond acceptors (Lipinski definition) is 7. The molecule has 1 aliphatic rings. The molecule has 0 spiro atoms. The SMILES string of the molecule is Cc1nc(CC(C)C)sc1-c1nc(C2CNCCN2C)no1. The Balaban J connectivity index is 1.83. The van der Waals surface area contributed by atoms with Crippen molar-refractivity contribution in [2.45, 2.75) is 33.2 Å². The van der Waals surface area contributed by atoms with Crippen molar-refractivity contribution in [2.24, 2.45) is 5.92 Å². The van der Waals surface area contributed by atoms with Crippen LogP contribution in [0, 0.1) is 12.8 Å². The van der Waals surface area contributed by atoms with Crippen LogP contribution in [0.3, 0.4) is 0 Å². The number of piperazine rings is 1. The average molecular weight is 321 g/mol. The Morgan fingerprint density at radius 1 is 1.41 bits per heavy atom. The lowest BCUT2D eigenvalue weighted by molar-refractivity contribution is 0.190. The second kappa shape index (κ2) is 6.44. The van der Waals surface area contributed by atoms with E-state index in [2.05, 4.69) is 46.2 Å². The van der Waals surface area contributed by atoms with Crippen LogP contribution in [0.4, 0.5) is 0 Å². The molecule has 7 heteroatoms. The molecule has 2 aromatic heterocycles. The van der Waals surface area contributed by atoms with E-state index in [1.54, 1.807) is 11.3 Å². The molecule has 120 valence electrons. The van der Waals surface area contributed by atoms with Crippen LogP contribution >= 0.6 is 11.3 Å². The smallest absolute Gasteiger partial charge is 0.269 e. The summed E-state index contributed by atoms with van der Waals surface area (Å²) in [7, 11) is 2.10. The van der Waals surface area contributed by atoms with Crippen LogP contribution in [0.25, 0.3) is 10.8 Å². The minimum atomic E-state index is 0.176. The molecule has 1 N–H and O–H groups in total. The highest BCUT2D eigenvalue weighted by Gasteiger charge is 2.26. The standard InChI is InChI=1S/C15H23N5OS/c1-9(2)7-12-17-10(3)13(22-12)15-18-14(19-21-15)11-8-16-5-6-20(11)4/h9,11,16H,5-8H2,1-4H3.